The molecule has 0 aliphatic carbocycles. The number of hydrogen-bond donors (Lipinski definition) is 2. The number of aliphatic hydroxyl groups is 1. The van der Waals surface area contributed by atoms with Crippen LogP contribution in [0.4, 0.5) is 0 Å². The van der Waals surface area contributed by atoms with Crippen LogP contribution in [0.25, 0.3) is 0 Å². The summed E-state index contributed by atoms with van der Waals surface area (Å²) in [5, 5.41) is 12.1. The molecule has 1 aromatic heterocycles. The van der Waals surface area contributed by atoms with Gasteiger partial charge in [-0.2, -0.15) is 0 Å². The van der Waals surface area contributed by atoms with E-state index in [-0.39, 0.29) is 5.92 Å². The highest BCUT2D eigenvalue weighted by Gasteiger charge is 2.37. The highest BCUT2D eigenvalue weighted by atomic mass is 35.5. The van der Waals surface area contributed by atoms with Gasteiger partial charge in [-0.05, 0) is 12.1 Å². The van der Waals surface area contributed by atoms with Crippen molar-refractivity contribution in [1.82, 2.24) is 9.97 Å². The van der Waals surface area contributed by atoms with Gasteiger partial charge >= 0.3 is 0 Å². The third kappa shape index (κ3) is 2.90. The van der Waals surface area contributed by atoms with Gasteiger partial charge in [0.05, 0.1) is 0 Å². The number of rotatable bonds is 5. The molecule has 2 rings (SSSR count). The van der Waals surface area contributed by atoms with E-state index in [1.807, 2.05) is 6.92 Å². The molecular weight excluding hydrogens is 295 g/mol. The van der Waals surface area contributed by atoms with Gasteiger partial charge in [-0.1, -0.05) is 42.3 Å². The lowest BCUT2D eigenvalue weighted by Crippen LogP contribution is -2.35. The van der Waals surface area contributed by atoms with Crippen LogP contribution in [0.15, 0.2) is 43.2 Å². The van der Waals surface area contributed by atoms with Crippen LogP contribution in [0.3, 0.4) is 0 Å². The normalized spacial score (nSPS) is 15.6. The molecule has 106 valence electrons. The summed E-state index contributed by atoms with van der Waals surface area (Å²) >= 11 is 12.2. The van der Waals surface area contributed by atoms with Crippen molar-refractivity contribution in [3.05, 3.63) is 64.7 Å². The van der Waals surface area contributed by atoms with Gasteiger partial charge in [-0.15, -0.1) is 6.58 Å². The van der Waals surface area contributed by atoms with Gasteiger partial charge in [0.2, 0.25) is 0 Å². The summed E-state index contributed by atoms with van der Waals surface area (Å²) in [7, 11) is 0. The molecule has 2 unspecified atom stereocenters. The molecule has 2 aromatic rings. The summed E-state index contributed by atoms with van der Waals surface area (Å²) < 4.78 is 0. The van der Waals surface area contributed by atoms with Crippen LogP contribution in [0.2, 0.25) is 10.0 Å². The van der Waals surface area contributed by atoms with E-state index in [2.05, 4.69) is 16.5 Å². The van der Waals surface area contributed by atoms with Gasteiger partial charge < -0.3 is 10.1 Å². The maximum absolute atomic E-state index is 11.1. The number of imidazole rings is 1. The molecule has 0 spiro atoms. The number of aromatic amines is 1. The third-order valence-corrected chi connectivity index (χ3v) is 4.04. The summed E-state index contributed by atoms with van der Waals surface area (Å²) in [6.07, 6.45) is 5.39. The Bertz CT molecular complexity index is 598. The zero-order chi connectivity index (χ0) is 14.8. The van der Waals surface area contributed by atoms with Crippen molar-refractivity contribution in [3.63, 3.8) is 0 Å². The van der Waals surface area contributed by atoms with E-state index in [1.165, 1.54) is 0 Å². The number of aromatic nitrogens is 2. The monoisotopic (exact) mass is 310 g/mol. The van der Waals surface area contributed by atoms with Crippen LogP contribution in [-0.4, -0.2) is 15.1 Å². The Balaban J connectivity index is 2.48. The Labute approximate surface area is 128 Å². The van der Waals surface area contributed by atoms with Crippen LogP contribution < -0.4 is 0 Å². The van der Waals surface area contributed by atoms with Crippen LogP contribution in [0, 0.1) is 5.92 Å². The summed E-state index contributed by atoms with van der Waals surface area (Å²) in [5.41, 5.74) is -0.575. The number of nitrogens with one attached hydrogen (secondary N) is 1. The number of halogens is 2. The lowest BCUT2D eigenvalue weighted by molar-refractivity contribution is -0.000546. The second-order valence-corrected chi connectivity index (χ2v) is 5.63. The van der Waals surface area contributed by atoms with Gasteiger partial charge in [0, 0.05) is 40.3 Å². The van der Waals surface area contributed by atoms with E-state index in [9.17, 15) is 5.11 Å². The van der Waals surface area contributed by atoms with E-state index in [1.54, 1.807) is 36.7 Å². The first-order chi connectivity index (χ1) is 9.47. The lowest BCUT2D eigenvalue weighted by Gasteiger charge is -2.33. The zero-order valence-corrected chi connectivity index (χ0v) is 12.6. The number of H-pyrrole nitrogens is 1. The maximum atomic E-state index is 11.1. The summed E-state index contributed by atoms with van der Waals surface area (Å²) in [4.78, 5) is 7.17. The molecule has 0 aliphatic rings. The van der Waals surface area contributed by atoms with Crippen molar-refractivity contribution >= 4 is 23.2 Å². The predicted molar refractivity (Wildman–Crippen MR) is 82.0 cm³/mol. The Morgan fingerprint density at radius 3 is 2.80 bits per heavy atom. The molecule has 0 bridgehead atoms. The van der Waals surface area contributed by atoms with E-state index < -0.39 is 5.60 Å². The standard InChI is InChI=1S/C15H16Cl2N2O/c1-3-10(2)15(20,9-14-18-6-7-19-14)12-5-4-11(16)8-13(12)17/h3-8,10,20H,1,9H2,2H3,(H,18,19). The molecule has 0 fully saturated rings. The molecule has 1 aromatic carbocycles. The van der Waals surface area contributed by atoms with E-state index in [0.29, 0.717) is 27.9 Å². The minimum Gasteiger partial charge on any atom is -0.384 e. The SMILES string of the molecule is C=CC(C)C(O)(Cc1ncc[nH]1)c1ccc(Cl)cc1Cl. The largest absolute Gasteiger partial charge is 0.384 e. The summed E-state index contributed by atoms with van der Waals surface area (Å²) in [5.74, 6) is 0.485. The molecule has 2 N–H and O–H groups in total. The minimum absolute atomic E-state index is 0.203. The molecule has 0 radical (unpaired) electrons. The van der Waals surface area contributed by atoms with Crippen molar-refractivity contribution in [2.45, 2.75) is 18.9 Å². The Kier molecular flexibility index (Phi) is 4.53. The molecular formula is C15H16Cl2N2O. The fourth-order valence-electron chi connectivity index (χ4n) is 2.19. The lowest BCUT2D eigenvalue weighted by atomic mass is 9.79. The number of hydrogen-bond acceptors (Lipinski definition) is 2. The van der Waals surface area contributed by atoms with Crippen molar-refractivity contribution in [2.75, 3.05) is 0 Å². The molecule has 0 amide bonds. The average molecular weight is 311 g/mol. The first kappa shape index (κ1) is 15.1. The summed E-state index contributed by atoms with van der Waals surface area (Å²) in [6.45, 7) is 5.66. The fraction of sp³-hybridized carbons (Fsp3) is 0.267. The van der Waals surface area contributed by atoms with E-state index in [4.69, 9.17) is 23.2 Å². The minimum atomic E-state index is -1.19. The zero-order valence-electron chi connectivity index (χ0n) is 11.1. The topological polar surface area (TPSA) is 48.9 Å². The highest BCUT2D eigenvalue weighted by molar-refractivity contribution is 6.35. The first-order valence-electron chi connectivity index (χ1n) is 6.26. The van der Waals surface area contributed by atoms with Crippen molar-refractivity contribution in [1.29, 1.82) is 0 Å². The molecule has 20 heavy (non-hydrogen) atoms. The third-order valence-electron chi connectivity index (χ3n) is 3.50. The molecule has 2 atom stereocenters. The summed E-state index contributed by atoms with van der Waals surface area (Å²) in [6, 6.07) is 5.08. The van der Waals surface area contributed by atoms with E-state index >= 15 is 0 Å². The van der Waals surface area contributed by atoms with Crippen LogP contribution in [0.5, 0.6) is 0 Å². The van der Waals surface area contributed by atoms with Crippen molar-refractivity contribution < 1.29 is 5.11 Å². The molecule has 1 heterocycles. The number of nitrogens with zero attached hydrogens (tertiary/aromatic N) is 1. The van der Waals surface area contributed by atoms with E-state index in [0.717, 1.165) is 0 Å². The molecule has 0 saturated heterocycles. The van der Waals surface area contributed by atoms with Crippen LogP contribution >= 0.6 is 23.2 Å². The maximum Gasteiger partial charge on any atom is 0.109 e. The van der Waals surface area contributed by atoms with Gasteiger partial charge in [-0.25, -0.2) is 4.98 Å². The second-order valence-electron chi connectivity index (χ2n) is 4.79. The van der Waals surface area contributed by atoms with Crippen LogP contribution in [0.1, 0.15) is 18.3 Å². The van der Waals surface area contributed by atoms with Crippen molar-refractivity contribution in [3.8, 4) is 0 Å². The molecule has 3 nitrogen and oxygen atoms in total. The van der Waals surface area contributed by atoms with Crippen molar-refractivity contribution in [2.24, 2.45) is 5.92 Å². The van der Waals surface area contributed by atoms with Crippen LogP contribution in [-0.2, 0) is 12.0 Å². The number of benzene rings is 1. The highest BCUT2D eigenvalue weighted by Crippen LogP contribution is 2.38. The van der Waals surface area contributed by atoms with Gasteiger partial charge in [0.15, 0.2) is 0 Å². The Morgan fingerprint density at radius 2 is 2.25 bits per heavy atom. The van der Waals surface area contributed by atoms with Gasteiger partial charge in [-0.3, -0.25) is 0 Å². The fourth-order valence-corrected chi connectivity index (χ4v) is 2.76. The quantitative estimate of drug-likeness (QED) is 0.821. The van der Waals surface area contributed by atoms with Gasteiger partial charge in [0.25, 0.3) is 0 Å². The first-order valence-corrected chi connectivity index (χ1v) is 7.01. The smallest absolute Gasteiger partial charge is 0.109 e. The Morgan fingerprint density at radius 1 is 1.50 bits per heavy atom. The molecule has 5 heteroatoms. The molecule has 0 aliphatic heterocycles. The second kappa shape index (κ2) is 6.00. The van der Waals surface area contributed by atoms with Gasteiger partial charge in [0.1, 0.15) is 11.4 Å². The predicted octanol–water partition coefficient (Wildman–Crippen LogP) is 3.97. The Hall–Kier alpha value is -1.29. The average Bonchev–Trinajstić information content (AvgIpc) is 2.90. The molecule has 0 saturated carbocycles.